The maximum absolute atomic E-state index is 12.1. The SMILES string of the molecule is CC(C)(C)OC(=O)CCC(O)C(=N)OC(=O)Cc1cccc2ccccc12. The van der Waals surface area contributed by atoms with Crippen molar-refractivity contribution in [2.24, 2.45) is 0 Å². The maximum Gasteiger partial charge on any atom is 0.316 e. The Bertz CT molecular complexity index is 833. The summed E-state index contributed by atoms with van der Waals surface area (Å²) in [6.07, 6.45) is -1.46. The van der Waals surface area contributed by atoms with Gasteiger partial charge in [-0.2, -0.15) is 0 Å². The van der Waals surface area contributed by atoms with E-state index >= 15 is 0 Å². The summed E-state index contributed by atoms with van der Waals surface area (Å²) in [6, 6.07) is 13.3. The number of ether oxygens (including phenoxy) is 2. The second-order valence-corrected chi connectivity index (χ2v) is 7.29. The van der Waals surface area contributed by atoms with E-state index in [0.717, 1.165) is 16.3 Å². The highest BCUT2D eigenvalue weighted by Gasteiger charge is 2.21. The summed E-state index contributed by atoms with van der Waals surface area (Å²) in [6.45, 7) is 5.25. The number of esters is 2. The van der Waals surface area contributed by atoms with Gasteiger partial charge in [0.25, 0.3) is 0 Å². The molecule has 2 rings (SSSR count). The summed E-state index contributed by atoms with van der Waals surface area (Å²) in [5, 5.41) is 19.6. The fourth-order valence-corrected chi connectivity index (χ4v) is 2.61. The van der Waals surface area contributed by atoms with Crippen molar-refractivity contribution in [2.45, 2.75) is 51.7 Å². The molecule has 0 spiro atoms. The second-order valence-electron chi connectivity index (χ2n) is 7.29. The molecule has 0 aliphatic heterocycles. The Morgan fingerprint density at radius 2 is 1.74 bits per heavy atom. The van der Waals surface area contributed by atoms with Gasteiger partial charge in [0.15, 0.2) is 0 Å². The Hall–Kier alpha value is -2.73. The molecule has 27 heavy (non-hydrogen) atoms. The molecular formula is C21H25NO5. The summed E-state index contributed by atoms with van der Waals surface area (Å²) in [4.78, 5) is 23.8. The van der Waals surface area contributed by atoms with E-state index in [1.807, 2.05) is 42.5 Å². The minimum Gasteiger partial charge on any atom is -0.460 e. The topological polar surface area (TPSA) is 96.7 Å². The quantitative estimate of drug-likeness (QED) is 0.461. The van der Waals surface area contributed by atoms with Gasteiger partial charge in [0.1, 0.15) is 11.7 Å². The molecule has 144 valence electrons. The molecule has 0 fully saturated rings. The van der Waals surface area contributed by atoms with E-state index in [-0.39, 0.29) is 19.3 Å². The van der Waals surface area contributed by atoms with E-state index in [1.54, 1.807) is 20.8 Å². The average molecular weight is 371 g/mol. The second kappa shape index (κ2) is 8.77. The van der Waals surface area contributed by atoms with Gasteiger partial charge in [-0.15, -0.1) is 0 Å². The third kappa shape index (κ3) is 6.49. The lowest BCUT2D eigenvalue weighted by molar-refractivity contribution is -0.155. The molecule has 2 aromatic carbocycles. The van der Waals surface area contributed by atoms with Crippen LogP contribution in [0.2, 0.25) is 0 Å². The highest BCUT2D eigenvalue weighted by atomic mass is 16.6. The van der Waals surface area contributed by atoms with Gasteiger partial charge >= 0.3 is 11.9 Å². The Balaban J connectivity index is 1.87. The number of carbonyl (C=O) groups excluding carboxylic acids is 2. The summed E-state index contributed by atoms with van der Waals surface area (Å²) in [5.74, 6) is -1.67. The Morgan fingerprint density at radius 3 is 2.44 bits per heavy atom. The Kier molecular flexibility index (Phi) is 6.69. The van der Waals surface area contributed by atoms with Gasteiger partial charge < -0.3 is 14.6 Å². The van der Waals surface area contributed by atoms with E-state index in [2.05, 4.69) is 0 Å². The van der Waals surface area contributed by atoms with Crippen molar-refractivity contribution in [3.8, 4) is 0 Å². The number of carbonyl (C=O) groups is 2. The number of fused-ring (bicyclic) bond motifs is 1. The largest absolute Gasteiger partial charge is 0.460 e. The van der Waals surface area contributed by atoms with E-state index in [0.29, 0.717) is 0 Å². The van der Waals surface area contributed by atoms with Crippen LogP contribution in [0, 0.1) is 5.41 Å². The molecule has 0 aliphatic carbocycles. The van der Waals surface area contributed by atoms with Gasteiger partial charge in [-0.25, -0.2) is 0 Å². The Morgan fingerprint density at radius 1 is 1.07 bits per heavy atom. The molecular weight excluding hydrogens is 346 g/mol. The first-order chi connectivity index (χ1) is 12.7. The van der Waals surface area contributed by atoms with Gasteiger partial charge in [-0.1, -0.05) is 42.5 Å². The zero-order chi connectivity index (χ0) is 20.0. The van der Waals surface area contributed by atoms with E-state index in [1.165, 1.54) is 0 Å². The van der Waals surface area contributed by atoms with Gasteiger partial charge in [-0.3, -0.25) is 15.0 Å². The van der Waals surface area contributed by atoms with Gasteiger partial charge in [0.2, 0.25) is 5.90 Å². The predicted octanol–water partition coefficient (Wildman–Crippen LogP) is 3.39. The highest BCUT2D eigenvalue weighted by Crippen LogP contribution is 2.19. The number of nitrogens with one attached hydrogen (secondary N) is 1. The first-order valence-corrected chi connectivity index (χ1v) is 8.81. The number of aliphatic hydroxyl groups is 1. The molecule has 0 heterocycles. The smallest absolute Gasteiger partial charge is 0.316 e. The van der Waals surface area contributed by atoms with Crippen molar-refractivity contribution in [1.82, 2.24) is 0 Å². The van der Waals surface area contributed by atoms with E-state index < -0.39 is 29.5 Å². The standard InChI is InChI=1S/C21H25NO5/c1-21(2,3)27-18(24)12-11-17(23)20(22)26-19(25)13-15-9-6-8-14-7-4-5-10-16(14)15/h4-10,17,22-23H,11-13H2,1-3H3. The zero-order valence-electron chi connectivity index (χ0n) is 15.8. The number of benzene rings is 2. The first-order valence-electron chi connectivity index (χ1n) is 8.81. The van der Waals surface area contributed by atoms with Crippen LogP contribution >= 0.6 is 0 Å². The lowest BCUT2D eigenvalue weighted by Crippen LogP contribution is -2.28. The van der Waals surface area contributed by atoms with Crippen molar-refractivity contribution in [3.05, 3.63) is 48.0 Å². The van der Waals surface area contributed by atoms with Crippen molar-refractivity contribution in [1.29, 1.82) is 5.41 Å². The molecule has 0 radical (unpaired) electrons. The predicted molar refractivity (Wildman–Crippen MR) is 103 cm³/mol. The van der Waals surface area contributed by atoms with Crippen LogP contribution in [0.4, 0.5) is 0 Å². The van der Waals surface area contributed by atoms with Gasteiger partial charge in [-0.05, 0) is 43.5 Å². The summed E-state index contributed by atoms with van der Waals surface area (Å²) < 4.78 is 10.1. The number of rotatable bonds is 6. The van der Waals surface area contributed by atoms with Crippen LogP contribution in [0.15, 0.2) is 42.5 Å². The molecule has 0 aliphatic rings. The van der Waals surface area contributed by atoms with Crippen molar-refractivity contribution < 1.29 is 24.2 Å². The fourth-order valence-electron chi connectivity index (χ4n) is 2.61. The van der Waals surface area contributed by atoms with Crippen LogP contribution < -0.4 is 0 Å². The number of hydrogen-bond donors (Lipinski definition) is 2. The molecule has 6 heteroatoms. The third-order valence-corrected chi connectivity index (χ3v) is 3.78. The molecule has 0 saturated heterocycles. The van der Waals surface area contributed by atoms with Crippen LogP contribution in [-0.4, -0.2) is 34.6 Å². The van der Waals surface area contributed by atoms with Crippen molar-refractivity contribution >= 4 is 28.6 Å². The molecule has 0 saturated carbocycles. The van der Waals surface area contributed by atoms with E-state index in [9.17, 15) is 14.7 Å². The number of aliphatic hydroxyl groups excluding tert-OH is 1. The Labute approximate surface area is 158 Å². The van der Waals surface area contributed by atoms with Gasteiger partial charge in [0, 0.05) is 6.42 Å². The molecule has 1 atom stereocenters. The monoisotopic (exact) mass is 371 g/mol. The molecule has 1 unspecified atom stereocenters. The van der Waals surface area contributed by atoms with Gasteiger partial charge in [0.05, 0.1) is 6.42 Å². The number of hydrogen-bond acceptors (Lipinski definition) is 6. The summed E-state index contributed by atoms with van der Waals surface area (Å²) in [5.41, 5.74) is 0.176. The first kappa shape index (κ1) is 20.6. The van der Waals surface area contributed by atoms with Crippen LogP contribution in [0.5, 0.6) is 0 Å². The van der Waals surface area contributed by atoms with Crippen LogP contribution in [-0.2, 0) is 25.5 Å². The van der Waals surface area contributed by atoms with Crippen LogP contribution in [0.25, 0.3) is 10.8 Å². The highest BCUT2D eigenvalue weighted by molar-refractivity contribution is 5.93. The molecule has 6 nitrogen and oxygen atoms in total. The minimum atomic E-state index is -1.34. The third-order valence-electron chi connectivity index (χ3n) is 3.78. The molecule has 2 N–H and O–H groups in total. The molecule has 0 amide bonds. The van der Waals surface area contributed by atoms with Crippen molar-refractivity contribution in [2.75, 3.05) is 0 Å². The van der Waals surface area contributed by atoms with Crippen LogP contribution in [0.3, 0.4) is 0 Å². The average Bonchev–Trinajstić information content (AvgIpc) is 2.58. The molecule has 2 aromatic rings. The van der Waals surface area contributed by atoms with E-state index in [4.69, 9.17) is 14.9 Å². The maximum atomic E-state index is 12.1. The molecule has 0 bridgehead atoms. The minimum absolute atomic E-state index is 0.0114. The lowest BCUT2D eigenvalue weighted by Gasteiger charge is -2.20. The fraction of sp³-hybridized carbons (Fsp3) is 0.381. The zero-order valence-corrected chi connectivity index (χ0v) is 15.8. The summed E-state index contributed by atoms with van der Waals surface area (Å²) >= 11 is 0. The molecule has 0 aromatic heterocycles. The van der Waals surface area contributed by atoms with Crippen molar-refractivity contribution in [3.63, 3.8) is 0 Å². The lowest BCUT2D eigenvalue weighted by atomic mass is 10.0. The summed E-state index contributed by atoms with van der Waals surface area (Å²) in [7, 11) is 0. The normalized spacial score (nSPS) is 12.4. The van der Waals surface area contributed by atoms with Crippen LogP contribution in [0.1, 0.15) is 39.2 Å².